The molecule has 2 aromatic heterocycles. The number of hydrogen-bond donors (Lipinski definition) is 0. The van der Waals surface area contributed by atoms with E-state index in [1.165, 1.54) is 60.8 Å². The summed E-state index contributed by atoms with van der Waals surface area (Å²) in [6.07, 6.45) is 0. The average molecular weight is 726 g/mol. The summed E-state index contributed by atoms with van der Waals surface area (Å²) in [4.78, 5) is 5.57. The molecule has 0 fully saturated rings. The fourth-order valence-electron chi connectivity index (χ4n) is 10.0. The molecule has 10 aromatic rings. The van der Waals surface area contributed by atoms with Crippen molar-refractivity contribution in [2.75, 3.05) is 0 Å². The molecule has 0 saturated heterocycles. The number of hydrogen-bond acceptors (Lipinski definition) is 2. The molecule has 0 radical (unpaired) electrons. The summed E-state index contributed by atoms with van der Waals surface area (Å²) in [6, 6.07) is 70.3. The van der Waals surface area contributed by atoms with E-state index in [4.69, 9.17) is 9.40 Å². The lowest BCUT2D eigenvalue weighted by Crippen LogP contribution is -2.25. The van der Waals surface area contributed by atoms with Crippen molar-refractivity contribution in [1.29, 1.82) is 0 Å². The van der Waals surface area contributed by atoms with Crippen molar-refractivity contribution in [2.45, 2.75) is 12.3 Å². The third-order valence-electron chi connectivity index (χ3n) is 12.5. The number of para-hydroxylation sites is 1. The standard InChI is InChI=1S/C55H35NO/c1-34-45(36-16-3-2-4-17-36)33-50(42-26-15-19-35-18-5-6-20-38(35)42)56-53(34)43-24-8-7-21-39(43)37-30-31-49-46(32-37)52-44-25-11-14-29-51(44)57-54(52)55(49)47-27-12-9-22-40(47)41-23-10-13-28-48(41)55/h2-33H,1H3. The molecule has 2 nitrogen and oxygen atoms in total. The lowest BCUT2D eigenvalue weighted by Gasteiger charge is -2.28. The molecular formula is C55H35NO. The first-order valence-corrected chi connectivity index (χ1v) is 19.7. The summed E-state index contributed by atoms with van der Waals surface area (Å²) in [7, 11) is 0. The zero-order valence-corrected chi connectivity index (χ0v) is 31.3. The number of fused-ring (bicyclic) bond motifs is 13. The summed E-state index contributed by atoms with van der Waals surface area (Å²) < 4.78 is 7.03. The van der Waals surface area contributed by atoms with Crippen molar-refractivity contribution in [3.63, 3.8) is 0 Å². The zero-order chi connectivity index (χ0) is 37.7. The molecular weight excluding hydrogens is 691 g/mol. The van der Waals surface area contributed by atoms with E-state index in [0.717, 1.165) is 55.9 Å². The van der Waals surface area contributed by atoms with Gasteiger partial charge in [0.25, 0.3) is 0 Å². The van der Waals surface area contributed by atoms with Crippen LogP contribution in [0.15, 0.2) is 199 Å². The Bertz CT molecular complexity index is 3210. The zero-order valence-electron chi connectivity index (χ0n) is 31.3. The van der Waals surface area contributed by atoms with E-state index in [9.17, 15) is 0 Å². The van der Waals surface area contributed by atoms with Gasteiger partial charge in [-0.15, -0.1) is 0 Å². The highest BCUT2D eigenvalue weighted by atomic mass is 16.3. The molecule has 0 aliphatic heterocycles. The molecule has 0 amide bonds. The molecule has 8 aromatic carbocycles. The number of nitrogens with zero attached hydrogens (tertiary/aromatic N) is 1. The van der Waals surface area contributed by atoms with Crippen LogP contribution in [0.25, 0.3) is 88.8 Å². The number of benzene rings is 8. The monoisotopic (exact) mass is 725 g/mol. The Kier molecular flexibility index (Phi) is 6.80. The van der Waals surface area contributed by atoms with E-state index < -0.39 is 5.41 Å². The first kappa shape index (κ1) is 32.0. The second kappa shape index (κ2) is 12.1. The molecule has 12 rings (SSSR count). The van der Waals surface area contributed by atoms with Crippen LogP contribution in [0.1, 0.15) is 28.0 Å². The first-order valence-electron chi connectivity index (χ1n) is 19.7. The smallest absolute Gasteiger partial charge is 0.135 e. The Morgan fingerprint density at radius 1 is 0.421 bits per heavy atom. The van der Waals surface area contributed by atoms with Gasteiger partial charge < -0.3 is 4.42 Å². The predicted octanol–water partition coefficient (Wildman–Crippen LogP) is 14.3. The summed E-state index contributed by atoms with van der Waals surface area (Å²) >= 11 is 0. The van der Waals surface area contributed by atoms with Crippen LogP contribution in [0, 0.1) is 6.92 Å². The minimum Gasteiger partial charge on any atom is -0.459 e. The maximum Gasteiger partial charge on any atom is 0.135 e. The molecule has 0 bridgehead atoms. The van der Waals surface area contributed by atoms with Crippen molar-refractivity contribution >= 4 is 21.7 Å². The Morgan fingerprint density at radius 3 is 1.81 bits per heavy atom. The lowest BCUT2D eigenvalue weighted by atomic mass is 9.73. The summed E-state index contributed by atoms with van der Waals surface area (Å²) in [6.45, 7) is 2.22. The van der Waals surface area contributed by atoms with Crippen molar-refractivity contribution in [2.24, 2.45) is 0 Å². The second-order valence-electron chi connectivity index (χ2n) is 15.4. The number of aromatic nitrogens is 1. The van der Waals surface area contributed by atoms with Crippen molar-refractivity contribution in [3.05, 3.63) is 222 Å². The van der Waals surface area contributed by atoms with Crippen LogP contribution in [-0.2, 0) is 5.41 Å². The maximum atomic E-state index is 7.03. The van der Waals surface area contributed by atoms with E-state index in [1.54, 1.807) is 0 Å². The van der Waals surface area contributed by atoms with Crippen molar-refractivity contribution in [3.8, 4) is 67.0 Å². The predicted molar refractivity (Wildman–Crippen MR) is 234 cm³/mol. The Balaban J connectivity index is 1.11. The van der Waals surface area contributed by atoms with Crippen LogP contribution >= 0.6 is 0 Å². The molecule has 1 spiro atoms. The van der Waals surface area contributed by atoms with Crippen LogP contribution in [0.5, 0.6) is 0 Å². The molecule has 2 aliphatic rings. The average Bonchev–Trinajstić information content (AvgIpc) is 3.90. The van der Waals surface area contributed by atoms with E-state index in [1.807, 2.05) is 0 Å². The van der Waals surface area contributed by atoms with Gasteiger partial charge in [-0.3, -0.25) is 0 Å². The number of rotatable bonds is 4. The van der Waals surface area contributed by atoms with E-state index in [0.29, 0.717) is 0 Å². The molecule has 2 heteroatoms. The number of furan rings is 1. The van der Waals surface area contributed by atoms with Crippen LogP contribution in [0.2, 0.25) is 0 Å². The summed E-state index contributed by atoms with van der Waals surface area (Å²) in [5, 5.41) is 3.54. The molecule has 0 atom stereocenters. The maximum absolute atomic E-state index is 7.03. The third kappa shape index (κ3) is 4.44. The van der Waals surface area contributed by atoms with Crippen molar-refractivity contribution < 1.29 is 4.42 Å². The SMILES string of the molecule is Cc1c(-c2ccccc2)cc(-c2cccc3ccccc23)nc1-c1ccccc1-c1ccc2c(c1)-c1c(oc3ccccc13)C21c2ccccc2-c2ccccc21. The Morgan fingerprint density at radius 2 is 1.02 bits per heavy atom. The molecule has 0 N–H and O–H groups in total. The van der Waals surface area contributed by atoms with Gasteiger partial charge >= 0.3 is 0 Å². The quantitative estimate of drug-likeness (QED) is 0.181. The fourth-order valence-corrected chi connectivity index (χ4v) is 10.0. The Labute approximate surface area is 331 Å². The van der Waals surface area contributed by atoms with Gasteiger partial charge in [0.1, 0.15) is 16.8 Å². The third-order valence-corrected chi connectivity index (χ3v) is 12.5. The lowest BCUT2D eigenvalue weighted by molar-refractivity contribution is 0.507. The van der Waals surface area contributed by atoms with Gasteiger partial charge in [-0.25, -0.2) is 4.98 Å². The van der Waals surface area contributed by atoms with Gasteiger partial charge in [0, 0.05) is 22.1 Å². The minimum absolute atomic E-state index is 0.551. The normalized spacial score (nSPS) is 13.1. The van der Waals surface area contributed by atoms with Gasteiger partial charge in [0.15, 0.2) is 0 Å². The summed E-state index contributed by atoms with van der Waals surface area (Å²) in [5.41, 5.74) is 19.1. The van der Waals surface area contributed by atoms with E-state index >= 15 is 0 Å². The van der Waals surface area contributed by atoms with Gasteiger partial charge in [0.05, 0.1) is 11.4 Å². The largest absolute Gasteiger partial charge is 0.459 e. The van der Waals surface area contributed by atoms with Crippen molar-refractivity contribution in [1.82, 2.24) is 4.98 Å². The number of pyridine rings is 1. The van der Waals surface area contributed by atoms with Gasteiger partial charge in [-0.1, -0.05) is 176 Å². The van der Waals surface area contributed by atoms with Gasteiger partial charge in [-0.2, -0.15) is 0 Å². The highest BCUT2D eigenvalue weighted by Crippen LogP contribution is 2.65. The van der Waals surface area contributed by atoms with Crippen LogP contribution in [0.4, 0.5) is 0 Å². The Hall–Kier alpha value is -7.29. The molecule has 0 unspecified atom stereocenters. The molecule has 0 saturated carbocycles. The van der Waals surface area contributed by atoms with Crippen LogP contribution in [-0.4, -0.2) is 4.98 Å². The topological polar surface area (TPSA) is 26.0 Å². The minimum atomic E-state index is -0.551. The molecule has 57 heavy (non-hydrogen) atoms. The highest BCUT2D eigenvalue weighted by molar-refractivity contribution is 6.06. The van der Waals surface area contributed by atoms with Crippen LogP contribution < -0.4 is 0 Å². The molecule has 2 heterocycles. The van der Waals surface area contributed by atoms with Gasteiger partial charge in [-0.05, 0) is 97.1 Å². The highest BCUT2D eigenvalue weighted by Gasteiger charge is 2.55. The van der Waals surface area contributed by atoms with E-state index in [2.05, 4.69) is 201 Å². The fraction of sp³-hybridized carbons (Fsp3) is 0.0364. The summed E-state index contributed by atoms with van der Waals surface area (Å²) in [5.74, 6) is 1.01. The van der Waals surface area contributed by atoms with E-state index in [-0.39, 0.29) is 0 Å². The van der Waals surface area contributed by atoms with Gasteiger partial charge in [0.2, 0.25) is 0 Å². The second-order valence-corrected chi connectivity index (χ2v) is 15.4. The molecule has 266 valence electrons. The first-order chi connectivity index (χ1) is 28.2. The van der Waals surface area contributed by atoms with Crippen LogP contribution in [0.3, 0.4) is 0 Å². The molecule has 2 aliphatic carbocycles.